The molecule has 1 aliphatic heterocycles. The fraction of sp³-hybridized carbons (Fsp3) is 0.375. The predicted molar refractivity (Wildman–Crippen MR) is 79.3 cm³/mol. The highest BCUT2D eigenvalue weighted by atomic mass is 79.9. The van der Waals surface area contributed by atoms with Gasteiger partial charge >= 0.3 is 0 Å². The Hall–Kier alpha value is -0.860. The van der Waals surface area contributed by atoms with Gasteiger partial charge in [-0.25, -0.2) is 0 Å². The molecule has 0 spiro atoms. The molecule has 0 N–H and O–H groups in total. The largest absolute Gasteiger partial charge is 0.381 e. The van der Waals surface area contributed by atoms with Gasteiger partial charge in [0.15, 0.2) is 0 Å². The molecule has 1 aliphatic rings. The molecule has 1 heterocycles. The molecule has 1 nitrogen and oxygen atoms in total. The van der Waals surface area contributed by atoms with E-state index >= 15 is 0 Å². The maximum absolute atomic E-state index is 5.52. The van der Waals surface area contributed by atoms with Crippen LogP contribution in [0.4, 0.5) is 0 Å². The van der Waals surface area contributed by atoms with Crippen molar-refractivity contribution in [3.05, 3.63) is 47.5 Å². The minimum atomic E-state index is 0.395. The second-order valence-corrected chi connectivity index (χ2v) is 6.03. The van der Waals surface area contributed by atoms with Crippen LogP contribution in [0.15, 0.2) is 36.4 Å². The third kappa shape index (κ3) is 2.08. The molecule has 3 rings (SSSR count). The molecule has 2 atom stereocenters. The normalized spacial score (nSPS) is 21.3. The van der Waals surface area contributed by atoms with Gasteiger partial charge in [0.25, 0.3) is 0 Å². The zero-order valence-electron chi connectivity index (χ0n) is 10.5. The van der Waals surface area contributed by atoms with Crippen LogP contribution in [0.25, 0.3) is 10.8 Å². The highest BCUT2D eigenvalue weighted by molar-refractivity contribution is 9.09. The summed E-state index contributed by atoms with van der Waals surface area (Å²) in [6, 6.07) is 13.1. The van der Waals surface area contributed by atoms with Crippen LogP contribution in [0, 0.1) is 12.8 Å². The van der Waals surface area contributed by atoms with Gasteiger partial charge in [-0.1, -0.05) is 52.3 Å². The molecule has 2 unspecified atom stereocenters. The summed E-state index contributed by atoms with van der Waals surface area (Å²) < 4.78 is 5.52. The lowest BCUT2D eigenvalue weighted by atomic mass is 9.91. The molecule has 18 heavy (non-hydrogen) atoms. The number of aryl methyl sites for hydroxylation is 1. The van der Waals surface area contributed by atoms with E-state index in [0.29, 0.717) is 10.7 Å². The first kappa shape index (κ1) is 12.2. The molecule has 0 saturated carbocycles. The van der Waals surface area contributed by atoms with Crippen molar-refractivity contribution in [2.24, 2.45) is 5.92 Å². The Morgan fingerprint density at radius 1 is 1.22 bits per heavy atom. The second-order valence-electron chi connectivity index (χ2n) is 5.04. The summed E-state index contributed by atoms with van der Waals surface area (Å²) in [5, 5.41) is 2.69. The van der Waals surface area contributed by atoms with E-state index in [1.807, 2.05) is 0 Å². The van der Waals surface area contributed by atoms with Crippen LogP contribution in [0.1, 0.15) is 22.4 Å². The third-order valence-electron chi connectivity index (χ3n) is 3.84. The first-order valence-electron chi connectivity index (χ1n) is 6.47. The van der Waals surface area contributed by atoms with Crippen LogP contribution in [-0.4, -0.2) is 13.2 Å². The first-order valence-corrected chi connectivity index (χ1v) is 7.39. The average molecular weight is 305 g/mol. The highest BCUT2D eigenvalue weighted by Crippen LogP contribution is 2.40. The first-order chi connectivity index (χ1) is 8.77. The fourth-order valence-corrected chi connectivity index (χ4v) is 3.81. The van der Waals surface area contributed by atoms with E-state index in [4.69, 9.17) is 4.74 Å². The zero-order valence-corrected chi connectivity index (χ0v) is 12.1. The fourth-order valence-electron chi connectivity index (χ4n) is 2.79. The summed E-state index contributed by atoms with van der Waals surface area (Å²) in [6.45, 7) is 3.97. The summed E-state index contributed by atoms with van der Waals surface area (Å²) in [6.07, 6.45) is 1.15. The van der Waals surface area contributed by atoms with Gasteiger partial charge in [-0.15, -0.1) is 0 Å². The Kier molecular flexibility index (Phi) is 3.40. The topological polar surface area (TPSA) is 9.23 Å². The highest BCUT2D eigenvalue weighted by Gasteiger charge is 2.27. The molecule has 0 aromatic heterocycles. The van der Waals surface area contributed by atoms with Crippen LogP contribution in [0.2, 0.25) is 0 Å². The molecule has 1 saturated heterocycles. The number of hydrogen-bond acceptors (Lipinski definition) is 1. The van der Waals surface area contributed by atoms with E-state index < -0.39 is 0 Å². The van der Waals surface area contributed by atoms with Crippen molar-refractivity contribution in [1.82, 2.24) is 0 Å². The SMILES string of the molecule is Cc1ccc2ccccc2c1C(Br)C1CCOC1. The minimum Gasteiger partial charge on any atom is -0.381 e. The smallest absolute Gasteiger partial charge is 0.0509 e. The van der Waals surface area contributed by atoms with Gasteiger partial charge < -0.3 is 4.74 Å². The summed E-state index contributed by atoms with van der Waals surface area (Å²) >= 11 is 3.90. The molecule has 2 aromatic carbocycles. The standard InChI is InChI=1S/C16H17BrO/c1-11-6-7-12-4-2-3-5-14(12)15(11)16(17)13-8-9-18-10-13/h2-7,13,16H,8-10H2,1H3. The zero-order chi connectivity index (χ0) is 12.5. The summed E-state index contributed by atoms with van der Waals surface area (Å²) in [7, 11) is 0. The number of benzene rings is 2. The summed E-state index contributed by atoms with van der Waals surface area (Å²) in [5.74, 6) is 0.592. The van der Waals surface area contributed by atoms with E-state index in [0.717, 1.165) is 19.6 Å². The summed E-state index contributed by atoms with van der Waals surface area (Å²) in [4.78, 5) is 0.395. The number of fused-ring (bicyclic) bond motifs is 1. The van der Waals surface area contributed by atoms with Crippen molar-refractivity contribution in [1.29, 1.82) is 0 Å². The molecular formula is C16H17BrO. The number of ether oxygens (including phenoxy) is 1. The molecule has 1 fully saturated rings. The predicted octanol–water partition coefficient (Wildman–Crippen LogP) is 4.62. The minimum absolute atomic E-state index is 0.395. The monoisotopic (exact) mass is 304 g/mol. The van der Waals surface area contributed by atoms with Gasteiger partial charge in [0.1, 0.15) is 0 Å². The summed E-state index contributed by atoms with van der Waals surface area (Å²) in [5.41, 5.74) is 2.80. The average Bonchev–Trinajstić information content (AvgIpc) is 2.92. The van der Waals surface area contributed by atoms with E-state index in [-0.39, 0.29) is 0 Å². The lowest BCUT2D eigenvalue weighted by Gasteiger charge is -2.20. The van der Waals surface area contributed by atoms with Crippen molar-refractivity contribution in [3.8, 4) is 0 Å². The second kappa shape index (κ2) is 5.02. The van der Waals surface area contributed by atoms with Gasteiger partial charge in [-0.05, 0) is 35.2 Å². The van der Waals surface area contributed by atoms with Crippen molar-refractivity contribution in [3.63, 3.8) is 0 Å². The molecule has 0 amide bonds. The van der Waals surface area contributed by atoms with Crippen LogP contribution in [-0.2, 0) is 4.74 Å². The number of alkyl halides is 1. The van der Waals surface area contributed by atoms with E-state index in [1.54, 1.807) is 0 Å². The van der Waals surface area contributed by atoms with Gasteiger partial charge in [-0.3, -0.25) is 0 Å². The van der Waals surface area contributed by atoms with Crippen LogP contribution < -0.4 is 0 Å². The third-order valence-corrected chi connectivity index (χ3v) is 5.05. The molecule has 2 heteroatoms. The Bertz CT molecular complexity index is 558. The number of rotatable bonds is 2. The quantitative estimate of drug-likeness (QED) is 0.736. The van der Waals surface area contributed by atoms with Gasteiger partial charge in [0.2, 0.25) is 0 Å². The van der Waals surface area contributed by atoms with Crippen molar-refractivity contribution in [2.45, 2.75) is 18.2 Å². The van der Waals surface area contributed by atoms with Gasteiger partial charge in [0, 0.05) is 17.4 Å². The molecule has 94 valence electrons. The van der Waals surface area contributed by atoms with E-state index in [9.17, 15) is 0 Å². The lowest BCUT2D eigenvalue weighted by Crippen LogP contribution is -2.09. The van der Waals surface area contributed by atoms with E-state index in [2.05, 4.69) is 59.3 Å². The van der Waals surface area contributed by atoms with Crippen LogP contribution in [0.5, 0.6) is 0 Å². The molecule has 0 bridgehead atoms. The molecule has 0 aliphatic carbocycles. The maximum atomic E-state index is 5.52. The number of hydrogen-bond donors (Lipinski definition) is 0. The van der Waals surface area contributed by atoms with Crippen molar-refractivity contribution >= 4 is 26.7 Å². The lowest BCUT2D eigenvalue weighted by molar-refractivity contribution is 0.185. The molecular weight excluding hydrogens is 288 g/mol. The van der Waals surface area contributed by atoms with Crippen LogP contribution in [0.3, 0.4) is 0 Å². The Morgan fingerprint density at radius 2 is 2.06 bits per heavy atom. The van der Waals surface area contributed by atoms with Crippen molar-refractivity contribution < 1.29 is 4.74 Å². The maximum Gasteiger partial charge on any atom is 0.0509 e. The molecule has 2 aromatic rings. The van der Waals surface area contributed by atoms with Crippen molar-refractivity contribution in [2.75, 3.05) is 13.2 Å². The number of halogens is 1. The Labute approximate surface area is 116 Å². The van der Waals surface area contributed by atoms with Gasteiger partial charge in [-0.2, -0.15) is 0 Å². The Balaban J connectivity index is 2.11. The van der Waals surface area contributed by atoms with Crippen LogP contribution >= 0.6 is 15.9 Å². The van der Waals surface area contributed by atoms with Gasteiger partial charge in [0.05, 0.1) is 6.61 Å². The Morgan fingerprint density at radius 3 is 2.83 bits per heavy atom. The molecule has 0 radical (unpaired) electrons. The van der Waals surface area contributed by atoms with E-state index in [1.165, 1.54) is 21.9 Å².